The number of rotatable bonds is 7. The van der Waals surface area contributed by atoms with Crippen molar-refractivity contribution in [3.63, 3.8) is 0 Å². The van der Waals surface area contributed by atoms with Crippen molar-refractivity contribution < 1.29 is 4.79 Å². The summed E-state index contributed by atoms with van der Waals surface area (Å²) in [6.45, 7) is 6.43. The van der Waals surface area contributed by atoms with Gasteiger partial charge in [0, 0.05) is 38.1 Å². The van der Waals surface area contributed by atoms with Crippen molar-refractivity contribution in [3.05, 3.63) is 41.6 Å². The summed E-state index contributed by atoms with van der Waals surface area (Å²) in [5.74, 6) is 1.91. The number of hydrogen-bond acceptors (Lipinski definition) is 5. The lowest BCUT2D eigenvalue weighted by Gasteiger charge is -2.30. The molecule has 1 heterocycles. The molecule has 0 unspecified atom stereocenters. The van der Waals surface area contributed by atoms with Gasteiger partial charge in [-0.2, -0.15) is 4.98 Å². The number of carbonyl (C=O) groups is 1. The topological polar surface area (TPSA) is 82.2 Å². The van der Waals surface area contributed by atoms with Crippen LogP contribution < -0.4 is 20.9 Å². The van der Waals surface area contributed by atoms with Crippen LogP contribution in [0.4, 0.5) is 22.2 Å². The van der Waals surface area contributed by atoms with Gasteiger partial charge < -0.3 is 20.9 Å². The fourth-order valence-corrected chi connectivity index (χ4v) is 4.12. The lowest BCUT2D eigenvalue weighted by atomic mass is 9.91. The number of benzene rings is 1. The number of aryl methyl sites for hydroxylation is 1. The maximum atomic E-state index is 12.7. The fraction of sp³-hybridized carbons (Fsp3) is 0.542. The lowest BCUT2D eigenvalue weighted by molar-refractivity contribution is 0.243. The Labute approximate surface area is 186 Å². The molecule has 1 aliphatic carbocycles. The Bertz CT molecular complexity index is 874. The van der Waals surface area contributed by atoms with Crippen molar-refractivity contribution in [2.24, 2.45) is 0 Å². The first kappa shape index (κ1) is 22.8. The maximum absolute atomic E-state index is 12.7. The zero-order chi connectivity index (χ0) is 22.4. The van der Waals surface area contributed by atoms with Gasteiger partial charge >= 0.3 is 6.03 Å². The molecule has 0 atom stereocenters. The Morgan fingerprint density at radius 1 is 1.13 bits per heavy atom. The Morgan fingerprint density at radius 3 is 2.48 bits per heavy atom. The van der Waals surface area contributed by atoms with E-state index in [1.165, 1.54) is 11.1 Å². The smallest absolute Gasteiger partial charge is 0.319 e. The monoisotopic (exact) mass is 424 g/mol. The van der Waals surface area contributed by atoms with E-state index in [0.717, 1.165) is 43.6 Å². The van der Waals surface area contributed by atoms with Crippen LogP contribution in [0.5, 0.6) is 0 Å². The maximum Gasteiger partial charge on any atom is 0.319 e. The molecule has 0 saturated heterocycles. The molecule has 1 fully saturated rings. The van der Waals surface area contributed by atoms with E-state index in [2.05, 4.69) is 64.9 Å². The van der Waals surface area contributed by atoms with Crippen molar-refractivity contribution >= 4 is 23.5 Å². The molecule has 31 heavy (non-hydrogen) atoms. The summed E-state index contributed by atoms with van der Waals surface area (Å²) in [4.78, 5) is 23.6. The van der Waals surface area contributed by atoms with Crippen LogP contribution in [0.3, 0.4) is 0 Å². The van der Waals surface area contributed by atoms with Gasteiger partial charge in [-0.1, -0.05) is 39.0 Å². The van der Waals surface area contributed by atoms with Gasteiger partial charge in [-0.25, -0.2) is 9.78 Å². The third-order valence-corrected chi connectivity index (χ3v) is 5.92. The molecule has 7 heteroatoms. The third kappa shape index (κ3) is 6.09. The van der Waals surface area contributed by atoms with Gasteiger partial charge in [-0.15, -0.1) is 0 Å². The quantitative estimate of drug-likeness (QED) is 0.596. The van der Waals surface area contributed by atoms with E-state index in [4.69, 9.17) is 0 Å². The molecule has 3 rings (SSSR count). The van der Waals surface area contributed by atoms with Crippen molar-refractivity contribution in [1.82, 2.24) is 15.3 Å². The number of anilines is 3. The molecule has 3 N–H and O–H groups in total. The molecule has 0 aliphatic heterocycles. The number of urea groups is 1. The minimum atomic E-state index is -0.110. The number of hydrogen-bond donors (Lipinski definition) is 3. The zero-order valence-electron chi connectivity index (χ0n) is 19.4. The number of para-hydroxylation sites is 1. The van der Waals surface area contributed by atoms with Gasteiger partial charge in [-0.05, 0) is 55.2 Å². The van der Waals surface area contributed by atoms with Crippen LogP contribution in [0.2, 0.25) is 0 Å². The Hall–Kier alpha value is -2.83. The van der Waals surface area contributed by atoms with Crippen LogP contribution in [-0.4, -0.2) is 42.2 Å². The molecule has 2 aromatic rings. The summed E-state index contributed by atoms with van der Waals surface area (Å²) >= 11 is 0. The third-order valence-electron chi connectivity index (χ3n) is 5.92. The van der Waals surface area contributed by atoms with Crippen LogP contribution in [0.25, 0.3) is 0 Å². The zero-order valence-corrected chi connectivity index (χ0v) is 19.4. The Balaban J connectivity index is 1.52. The van der Waals surface area contributed by atoms with E-state index in [1.807, 2.05) is 25.1 Å². The summed E-state index contributed by atoms with van der Waals surface area (Å²) in [6, 6.07) is 8.56. The molecule has 1 saturated carbocycles. The minimum absolute atomic E-state index is 0.110. The number of aromatic nitrogens is 2. The van der Waals surface area contributed by atoms with Crippen molar-refractivity contribution in [2.75, 3.05) is 29.6 Å². The highest BCUT2D eigenvalue weighted by molar-refractivity contribution is 5.91. The average molecular weight is 425 g/mol. The number of nitrogens with zero attached hydrogens (tertiary/aromatic N) is 3. The highest BCUT2D eigenvalue weighted by Gasteiger charge is 2.23. The molecule has 0 radical (unpaired) electrons. The number of nitrogens with one attached hydrogen (secondary N) is 3. The van der Waals surface area contributed by atoms with Gasteiger partial charge in [0.05, 0.1) is 0 Å². The first-order chi connectivity index (χ1) is 14.9. The highest BCUT2D eigenvalue weighted by atomic mass is 16.2. The van der Waals surface area contributed by atoms with Gasteiger partial charge in [0.1, 0.15) is 5.82 Å². The predicted molar refractivity (Wildman–Crippen MR) is 128 cm³/mol. The van der Waals surface area contributed by atoms with Crippen molar-refractivity contribution in [2.45, 2.75) is 70.9 Å². The Morgan fingerprint density at radius 2 is 1.84 bits per heavy atom. The number of carbonyl (C=O) groups excluding carboxylic acids is 1. The summed E-state index contributed by atoms with van der Waals surface area (Å²) in [7, 11) is 3.94. The first-order valence-corrected chi connectivity index (χ1v) is 11.3. The number of amides is 2. The second-order valence-corrected chi connectivity index (χ2v) is 8.81. The molecule has 1 aliphatic rings. The van der Waals surface area contributed by atoms with E-state index < -0.39 is 0 Å². The summed E-state index contributed by atoms with van der Waals surface area (Å²) in [5.41, 5.74) is 3.32. The largest absolute Gasteiger partial charge is 0.363 e. The van der Waals surface area contributed by atoms with Crippen LogP contribution in [0, 0.1) is 0 Å². The Kier molecular flexibility index (Phi) is 7.71. The molecule has 7 nitrogen and oxygen atoms in total. The van der Waals surface area contributed by atoms with E-state index in [9.17, 15) is 4.79 Å². The molecular formula is C24H36N6O. The standard InChI is InChI=1S/C24H36N6O/c1-6-17-8-7-9-20(16(2)3)22(17)29-24(31)27-19-12-10-18(11-13-19)26-23-25-15-14-21(28-23)30(4)5/h7-9,14-16,18-19H,6,10-13H2,1-5H3,(H,25,26,28)(H2,27,29,31)/t18-,19+. The molecular weight excluding hydrogens is 388 g/mol. The molecule has 168 valence electrons. The van der Waals surface area contributed by atoms with E-state index in [-0.39, 0.29) is 12.1 Å². The van der Waals surface area contributed by atoms with Crippen molar-refractivity contribution in [3.8, 4) is 0 Å². The van der Waals surface area contributed by atoms with Gasteiger partial charge in [-0.3, -0.25) is 0 Å². The second kappa shape index (κ2) is 10.5. The van der Waals surface area contributed by atoms with Crippen LogP contribution in [0.1, 0.15) is 63.5 Å². The normalized spacial score (nSPS) is 18.5. The van der Waals surface area contributed by atoms with Crippen molar-refractivity contribution in [1.29, 1.82) is 0 Å². The highest BCUT2D eigenvalue weighted by Crippen LogP contribution is 2.28. The molecule has 1 aromatic heterocycles. The van der Waals surface area contributed by atoms with Gasteiger partial charge in [0.2, 0.25) is 5.95 Å². The lowest BCUT2D eigenvalue weighted by Crippen LogP contribution is -2.42. The summed E-state index contributed by atoms with van der Waals surface area (Å²) < 4.78 is 0. The second-order valence-electron chi connectivity index (χ2n) is 8.81. The van der Waals surface area contributed by atoms with Crippen LogP contribution in [-0.2, 0) is 6.42 Å². The molecule has 0 bridgehead atoms. The predicted octanol–water partition coefficient (Wildman–Crippen LogP) is 4.77. The molecule has 2 amide bonds. The molecule has 0 spiro atoms. The minimum Gasteiger partial charge on any atom is -0.363 e. The first-order valence-electron chi connectivity index (χ1n) is 11.3. The van der Waals surface area contributed by atoms with Gasteiger partial charge in [0.25, 0.3) is 0 Å². The van der Waals surface area contributed by atoms with E-state index >= 15 is 0 Å². The average Bonchev–Trinajstić information content (AvgIpc) is 2.75. The summed E-state index contributed by atoms with van der Waals surface area (Å²) in [6.07, 6.45) is 6.49. The van der Waals surface area contributed by atoms with Gasteiger partial charge in [0.15, 0.2) is 0 Å². The fourth-order valence-electron chi connectivity index (χ4n) is 4.12. The van der Waals surface area contributed by atoms with Crippen LogP contribution >= 0.6 is 0 Å². The summed E-state index contributed by atoms with van der Waals surface area (Å²) in [5, 5.41) is 9.76. The van der Waals surface area contributed by atoms with E-state index in [1.54, 1.807) is 6.20 Å². The molecule has 1 aromatic carbocycles. The van der Waals surface area contributed by atoms with E-state index in [0.29, 0.717) is 17.9 Å². The SMILES string of the molecule is CCc1cccc(C(C)C)c1NC(=O)N[C@H]1CC[C@@H](Nc2nccc(N(C)C)n2)CC1. The van der Waals surface area contributed by atoms with Crippen LogP contribution in [0.15, 0.2) is 30.5 Å².